The van der Waals surface area contributed by atoms with Gasteiger partial charge in [-0.3, -0.25) is 24.0 Å². The Morgan fingerprint density at radius 2 is 1.23 bits per heavy atom. The first-order valence-electron chi connectivity index (χ1n) is 13.0. The molecule has 0 radical (unpaired) electrons. The molecule has 14 nitrogen and oxygen atoms in total. The van der Waals surface area contributed by atoms with E-state index >= 15 is 0 Å². The van der Waals surface area contributed by atoms with Gasteiger partial charge < -0.3 is 42.6 Å². The summed E-state index contributed by atoms with van der Waals surface area (Å²) in [5.74, 6) is -4.52. The third kappa shape index (κ3) is 10.9. The molecule has 0 spiro atoms. The highest BCUT2D eigenvalue weighted by Crippen LogP contribution is 2.12. The summed E-state index contributed by atoms with van der Waals surface area (Å²) in [5, 5.41) is 19.5. The maximum Gasteiger partial charge on any atom is 0.328 e. The number of ether oxygens (including phenoxy) is 1. The summed E-state index contributed by atoms with van der Waals surface area (Å²) in [6.45, 7) is 5.00. The van der Waals surface area contributed by atoms with Crippen LogP contribution in [0.2, 0.25) is 0 Å². The Morgan fingerprint density at radius 3 is 1.73 bits per heavy atom. The van der Waals surface area contributed by atoms with E-state index < -0.39 is 72.1 Å². The number of phenols is 1. The quantitative estimate of drug-likeness (QED) is 0.115. The van der Waals surface area contributed by atoms with Gasteiger partial charge in [0.2, 0.25) is 29.5 Å². The molecule has 0 heterocycles. The van der Waals surface area contributed by atoms with Gasteiger partial charge in [0.15, 0.2) is 0 Å². The van der Waals surface area contributed by atoms with Crippen molar-refractivity contribution >= 4 is 35.5 Å². The van der Waals surface area contributed by atoms with Crippen LogP contribution >= 0.6 is 0 Å². The van der Waals surface area contributed by atoms with E-state index in [1.54, 1.807) is 20.8 Å². The van der Waals surface area contributed by atoms with Crippen LogP contribution in [0.4, 0.5) is 0 Å². The van der Waals surface area contributed by atoms with Crippen molar-refractivity contribution in [2.24, 2.45) is 11.5 Å². The van der Waals surface area contributed by atoms with E-state index in [9.17, 15) is 33.9 Å². The van der Waals surface area contributed by atoms with Crippen molar-refractivity contribution in [2.45, 2.75) is 83.1 Å². The molecule has 0 unspecified atom stereocenters. The largest absolute Gasteiger partial charge is 0.508 e. The molecule has 0 bridgehead atoms. The van der Waals surface area contributed by atoms with Crippen LogP contribution in [-0.2, 0) is 39.9 Å². The van der Waals surface area contributed by atoms with Crippen LogP contribution in [-0.4, -0.2) is 77.9 Å². The molecule has 1 rings (SSSR count). The number of benzene rings is 1. The molecule has 0 aliphatic heterocycles. The maximum atomic E-state index is 13.3. The lowest BCUT2D eigenvalue weighted by molar-refractivity contribution is -0.145. The highest BCUT2D eigenvalue weighted by atomic mass is 16.5. The van der Waals surface area contributed by atoms with E-state index in [4.69, 9.17) is 16.2 Å². The first kappa shape index (κ1) is 33.8. The smallest absolute Gasteiger partial charge is 0.328 e. The molecule has 1 aromatic carbocycles. The number of esters is 1. The third-order valence-electron chi connectivity index (χ3n) is 6.08. The van der Waals surface area contributed by atoms with Crippen LogP contribution in [0.3, 0.4) is 0 Å². The summed E-state index contributed by atoms with van der Waals surface area (Å²) in [4.78, 5) is 75.2. The summed E-state index contributed by atoms with van der Waals surface area (Å²) in [7, 11) is 1.17. The molecule has 9 N–H and O–H groups in total. The van der Waals surface area contributed by atoms with Crippen molar-refractivity contribution in [1.29, 1.82) is 0 Å². The molecule has 40 heavy (non-hydrogen) atoms. The molecule has 222 valence electrons. The first-order valence-corrected chi connectivity index (χ1v) is 13.0. The zero-order valence-corrected chi connectivity index (χ0v) is 23.2. The molecule has 14 heteroatoms. The molecule has 0 aliphatic carbocycles. The van der Waals surface area contributed by atoms with Crippen LogP contribution in [0.5, 0.6) is 5.75 Å². The molecular formula is C26H40N6O8. The van der Waals surface area contributed by atoms with Crippen LogP contribution < -0.4 is 32.7 Å². The summed E-state index contributed by atoms with van der Waals surface area (Å²) in [6.07, 6.45) is 0.0656. The van der Waals surface area contributed by atoms with Gasteiger partial charge in [-0.2, -0.15) is 0 Å². The number of primary amides is 1. The molecule has 0 saturated carbocycles. The number of amides is 5. The van der Waals surface area contributed by atoms with Crippen LogP contribution in [0, 0.1) is 0 Å². The highest BCUT2D eigenvalue weighted by Gasteiger charge is 2.32. The number of carbonyl (C=O) groups excluding carboxylic acids is 6. The van der Waals surface area contributed by atoms with Crippen LogP contribution in [0.1, 0.15) is 52.0 Å². The minimum Gasteiger partial charge on any atom is -0.508 e. The predicted octanol–water partition coefficient (Wildman–Crippen LogP) is -1.52. The topological polar surface area (TPSA) is 232 Å². The Morgan fingerprint density at radius 1 is 0.750 bits per heavy atom. The van der Waals surface area contributed by atoms with Gasteiger partial charge in [0, 0.05) is 6.42 Å². The average Bonchev–Trinajstić information content (AvgIpc) is 2.93. The van der Waals surface area contributed by atoms with Crippen molar-refractivity contribution in [1.82, 2.24) is 21.3 Å². The monoisotopic (exact) mass is 564 g/mol. The molecule has 0 aliphatic rings. The Bertz CT molecular complexity index is 1050. The summed E-state index contributed by atoms with van der Waals surface area (Å²) < 4.78 is 4.70. The number of phenolic OH excluding ortho intramolecular Hbond substituents is 1. The SMILES string of the molecule is CC[C@H](NC(=O)[C@@H](N)CC)C(=O)N[C@@H](CC(N)=O)C(=O)N[C@@H](Cc1ccc(O)cc1)C(=O)N[C@@H](CC)C(=O)OC. The predicted molar refractivity (Wildman–Crippen MR) is 144 cm³/mol. The van der Waals surface area contributed by atoms with Crippen molar-refractivity contribution in [2.75, 3.05) is 7.11 Å². The van der Waals surface area contributed by atoms with E-state index in [1.807, 2.05) is 0 Å². The summed E-state index contributed by atoms with van der Waals surface area (Å²) in [5.41, 5.74) is 11.6. The first-order chi connectivity index (χ1) is 18.9. The van der Waals surface area contributed by atoms with Gasteiger partial charge in [-0.1, -0.05) is 32.9 Å². The van der Waals surface area contributed by atoms with E-state index in [0.29, 0.717) is 12.0 Å². The van der Waals surface area contributed by atoms with E-state index in [0.717, 1.165) is 0 Å². The van der Waals surface area contributed by atoms with Crippen LogP contribution in [0.25, 0.3) is 0 Å². The summed E-state index contributed by atoms with van der Waals surface area (Å²) in [6, 6.07) is 0.277. The molecule has 5 atom stereocenters. The number of nitrogens with two attached hydrogens (primary N) is 2. The molecule has 0 fully saturated rings. The fraction of sp³-hybridized carbons (Fsp3) is 0.538. The zero-order chi connectivity index (χ0) is 30.4. The number of nitrogens with one attached hydrogen (secondary N) is 4. The normalized spacial score (nSPS) is 14.4. The van der Waals surface area contributed by atoms with Gasteiger partial charge in [0.1, 0.15) is 29.9 Å². The molecule has 0 aromatic heterocycles. The Balaban J connectivity index is 3.18. The Labute approximate surface area is 232 Å². The van der Waals surface area contributed by atoms with Crippen LogP contribution in [0.15, 0.2) is 24.3 Å². The van der Waals surface area contributed by atoms with Crippen molar-refractivity contribution < 1.29 is 38.6 Å². The van der Waals surface area contributed by atoms with Gasteiger partial charge in [-0.25, -0.2) is 4.79 Å². The zero-order valence-electron chi connectivity index (χ0n) is 23.2. The average molecular weight is 565 g/mol. The standard InChI is InChI=1S/C26H40N6O8/c1-5-16(27)22(35)29-17(6-2)23(36)32-20(13-21(28)34)25(38)31-19(12-14-8-10-15(33)11-9-14)24(37)30-18(7-3)26(39)40-4/h8-11,16-20,33H,5-7,12-13,27H2,1-4H3,(H2,28,34)(H,29,35)(H,30,37)(H,31,38)(H,32,36)/t16-,17-,18-,19-,20-/m0/s1. The number of methoxy groups -OCH3 is 1. The lowest BCUT2D eigenvalue weighted by Crippen LogP contribution is -2.59. The fourth-order valence-corrected chi connectivity index (χ4v) is 3.59. The fourth-order valence-electron chi connectivity index (χ4n) is 3.59. The third-order valence-corrected chi connectivity index (χ3v) is 6.08. The van der Waals surface area contributed by atoms with Gasteiger partial charge in [0.05, 0.1) is 19.6 Å². The number of hydrogen-bond acceptors (Lipinski definition) is 9. The van der Waals surface area contributed by atoms with Crippen molar-refractivity contribution in [3.05, 3.63) is 29.8 Å². The summed E-state index contributed by atoms with van der Waals surface area (Å²) >= 11 is 0. The highest BCUT2D eigenvalue weighted by molar-refractivity contribution is 5.97. The Hall–Kier alpha value is -4.20. The van der Waals surface area contributed by atoms with Crippen molar-refractivity contribution in [3.8, 4) is 5.75 Å². The molecule has 1 aromatic rings. The second-order valence-corrected chi connectivity index (χ2v) is 9.14. The second-order valence-electron chi connectivity index (χ2n) is 9.14. The lowest BCUT2D eigenvalue weighted by atomic mass is 10.0. The number of aromatic hydroxyl groups is 1. The number of carbonyl (C=O) groups is 6. The Kier molecular flexibility index (Phi) is 14.1. The second kappa shape index (κ2) is 16.7. The van der Waals surface area contributed by atoms with E-state index in [1.165, 1.54) is 31.4 Å². The van der Waals surface area contributed by atoms with Gasteiger partial charge in [0.25, 0.3) is 0 Å². The molecule has 5 amide bonds. The molecular weight excluding hydrogens is 524 g/mol. The molecule has 0 saturated heterocycles. The van der Waals surface area contributed by atoms with E-state index in [-0.39, 0.29) is 25.0 Å². The number of rotatable bonds is 16. The van der Waals surface area contributed by atoms with E-state index in [2.05, 4.69) is 21.3 Å². The van der Waals surface area contributed by atoms with Gasteiger partial charge >= 0.3 is 5.97 Å². The van der Waals surface area contributed by atoms with Gasteiger partial charge in [-0.05, 0) is 37.0 Å². The minimum absolute atomic E-state index is 0.00720. The minimum atomic E-state index is -1.48. The number of hydrogen-bond donors (Lipinski definition) is 7. The van der Waals surface area contributed by atoms with Gasteiger partial charge in [-0.15, -0.1) is 0 Å². The van der Waals surface area contributed by atoms with Crippen molar-refractivity contribution in [3.63, 3.8) is 0 Å². The lowest BCUT2D eigenvalue weighted by Gasteiger charge is -2.26. The maximum absolute atomic E-state index is 13.3.